The van der Waals surface area contributed by atoms with Gasteiger partial charge in [0.15, 0.2) is 0 Å². The Morgan fingerprint density at radius 2 is 0.676 bits per heavy atom. The third-order valence-corrected chi connectivity index (χ3v) is 16.5. The predicted molar refractivity (Wildman–Crippen MR) is 315 cm³/mol. The fourth-order valence-corrected chi connectivity index (χ4v) is 12.2. The molecule has 9 aromatic rings. The summed E-state index contributed by atoms with van der Waals surface area (Å²) in [5.41, 5.74) is 26.0. The molecule has 13 rings (SSSR count). The smallest absolute Gasteiger partial charge is 0.256 e. The fourth-order valence-electron chi connectivity index (χ4n) is 12.2. The van der Waals surface area contributed by atoms with Crippen molar-refractivity contribution in [1.29, 1.82) is 0 Å². The van der Waals surface area contributed by atoms with Crippen LogP contribution < -0.4 is 52.1 Å². The van der Waals surface area contributed by atoms with E-state index in [4.69, 9.17) is 9.47 Å². The van der Waals surface area contributed by atoms with Crippen LogP contribution in [-0.4, -0.2) is 13.4 Å². The summed E-state index contributed by atoms with van der Waals surface area (Å²) < 4.78 is 15.6. The van der Waals surface area contributed by atoms with E-state index in [2.05, 4.69) is 249 Å². The van der Waals surface area contributed by atoms with Crippen molar-refractivity contribution >= 4 is 80.3 Å². The summed E-state index contributed by atoms with van der Waals surface area (Å²) in [6.45, 7) is 22.3. The second-order valence-electron chi connectivity index (χ2n) is 22.6. The molecule has 4 heterocycles. The molecule has 6 heteroatoms. The Hall–Kier alpha value is -7.69. The molecule has 0 spiro atoms. The molecule has 4 aliphatic rings. The average molecular weight is 961 g/mol. The highest BCUT2D eigenvalue weighted by atomic mass is 16.5. The van der Waals surface area contributed by atoms with Crippen LogP contribution in [0, 0.1) is 13.8 Å². The molecule has 0 saturated heterocycles. The van der Waals surface area contributed by atoms with Gasteiger partial charge >= 0.3 is 0 Å². The van der Waals surface area contributed by atoms with E-state index in [1.54, 1.807) is 0 Å². The Morgan fingerprint density at radius 3 is 1.03 bits per heavy atom. The highest BCUT2D eigenvalue weighted by Crippen LogP contribution is 2.54. The number of ether oxygens (including phenoxy) is 2. The van der Waals surface area contributed by atoms with E-state index in [1.165, 1.54) is 66.6 Å². The fraction of sp³-hybridized carbons (Fsp3) is 0.206. The monoisotopic (exact) mass is 960 g/mol. The maximum Gasteiger partial charge on any atom is 0.256 e. The second-order valence-corrected chi connectivity index (χ2v) is 22.6. The van der Waals surface area contributed by atoms with Gasteiger partial charge in [0.1, 0.15) is 23.0 Å². The molecule has 0 unspecified atom stereocenters. The normalized spacial score (nSPS) is 13.6. The third-order valence-electron chi connectivity index (χ3n) is 16.5. The van der Waals surface area contributed by atoms with Gasteiger partial charge in [-0.3, -0.25) is 0 Å². The first-order chi connectivity index (χ1) is 35.8. The molecule has 0 amide bonds. The number of hydrogen-bond donors (Lipinski definition) is 0. The Balaban J connectivity index is 1.18. The predicted octanol–water partition coefficient (Wildman–Crippen LogP) is 14.9. The molecule has 362 valence electrons. The summed E-state index contributed by atoms with van der Waals surface area (Å²) in [6.07, 6.45) is 0. The van der Waals surface area contributed by atoms with Crippen molar-refractivity contribution in [2.24, 2.45) is 0 Å². The molecule has 0 aliphatic carbocycles. The van der Waals surface area contributed by atoms with Crippen LogP contribution in [0.25, 0.3) is 22.3 Å². The minimum absolute atomic E-state index is 0.183. The molecule has 0 bridgehead atoms. The molecule has 0 saturated carbocycles. The molecule has 4 aliphatic heterocycles. The maximum absolute atomic E-state index is 7.79. The van der Waals surface area contributed by atoms with Crippen LogP contribution in [0.4, 0.5) is 34.1 Å². The van der Waals surface area contributed by atoms with Crippen molar-refractivity contribution in [3.8, 4) is 45.3 Å². The molecule has 4 nitrogen and oxygen atoms in total. The summed E-state index contributed by atoms with van der Waals surface area (Å²) in [5.74, 6) is 4.94. The lowest BCUT2D eigenvalue weighted by atomic mass is 9.31. The van der Waals surface area contributed by atoms with E-state index < -0.39 is 0 Å². The Labute approximate surface area is 438 Å². The van der Waals surface area contributed by atoms with Crippen molar-refractivity contribution in [1.82, 2.24) is 0 Å². The lowest BCUT2D eigenvalue weighted by molar-refractivity contribution is 0.477. The van der Waals surface area contributed by atoms with Gasteiger partial charge in [0.25, 0.3) is 13.4 Å². The summed E-state index contributed by atoms with van der Waals surface area (Å²) in [4.78, 5) is 5.02. The largest absolute Gasteiger partial charge is 0.456 e. The molecule has 0 atom stereocenters. The molecular weight excluding hydrogens is 898 g/mol. The molecule has 9 aromatic carbocycles. The van der Waals surface area contributed by atoms with Crippen LogP contribution in [-0.2, 0) is 0 Å². The minimum Gasteiger partial charge on any atom is -0.456 e. The number of fused-ring (bicyclic) bond motifs is 10. The van der Waals surface area contributed by atoms with Crippen LogP contribution >= 0.6 is 0 Å². The zero-order valence-corrected chi connectivity index (χ0v) is 44.3. The standard InChI is InChI=1S/C68H62B2N2O2/c1-39(2)45-19-27-53(28-20-45)71-59-31-23-49(41(5)6)35-55(59)69-57-37-51(47-15-11-43(9)12-16-47)26-34-62(57)74-68-63(69)65(71)67-64-66(68)72(54-29-21-46(22-30-54)40(3)4)60-32-24-50(42(7)8)36-56(60)70(64)58-38-52(25-33-61(58)73-67)48-17-13-44(10)14-18-48/h11-42H,1-10H3. The average Bonchev–Trinajstić information content (AvgIpc) is 3.46. The zero-order valence-electron chi connectivity index (χ0n) is 44.3. The first-order valence-electron chi connectivity index (χ1n) is 26.9. The van der Waals surface area contributed by atoms with Gasteiger partial charge in [-0.25, -0.2) is 0 Å². The zero-order chi connectivity index (χ0) is 50.8. The Morgan fingerprint density at radius 1 is 0.338 bits per heavy atom. The van der Waals surface area contributed by atoms with Crippen molar-refractivity contribution in [3.63, 3.8) is 0 Å². The van der Waals surface area contributed by atoms with Crippen molar-refractivity contribution in [3.05, 3.63) is 203 Å². The van der Waals surface area contributed by atoms with E-state index >= 15 is 0 Å². The summed E-state index contributed by atoms with van der Waals surface area (Å²) in [5, 5.41) is 0. The van der Waals surface area contributed by atoms with E-state index in [1.807, 2.05) is 0 Å². The Bertz CT molecular complexity index is 3460. The lowest BCUT2D eigenvalue weighted by Crippen LogP contribution is -2.64. The number of nitrogens with zero attached hydrogens (tertiary/aromatic N) is 2. The second kappa shape index (κ2) is 17.5. The number of anilines is 6. The quantitative estimate of drug-likeness (QED) is 0.142. The maximum atomic E-state index is 7.79. The highest BCUT2D eigenvalue weighted by molar-refractivity contribution is 7.02. The first-order valence-corrected chi connectivity index (χ1v) is 26.9. The SMILES string of the molecule is Cc1ccc(-c2ccc3c(c2)B2c4cc(C(C)C)ccc4N(c4ccc(C(C)C)cc4)c4c5c6c(c(c42)O3)N(c2ccc(C(C)C)cc2)c2ccc(C(C)C)cc2B6c2cc(-c3ccc(C)cc3)ccc2O5)cc1. The van der Waals surface area contributed by atoms with Gasteiger partial charge < -0.3 is 19.3 Å². The molecular formula is C68H62B2N2O2. The number of benzene rings is 9. The van der Waals surface area contributed by atoms with Crippen LogP contribution in [0.3, 0.4) is 0 Å². The van der Waals surface area contributed by atoms with Gasteiger partial charge in [0.05, 0.1) is 11.4 Å². The van der Waals surface area contributed by atoms with Gasteiger partial charge in [-0.05, 0) is 152 Å². The number of aryl methyl sites for hydroxylation is 2. The van der Waals surface area contributed by atoms with E-state index in [0.29, 0.717) is 23.7 Å². The van der Waals surface area contributed by atoms with Crippen molar-refractivity contribution < 1.29 is 9.47 Å². The molecule has 74 heavy (non-hydrogen) atoms. The van der Waals surface area contributed by atoms with Crippen molar-refractivity contribution in [2.45, 2.75) is 92.9 Å². The molecule has 0 N–H and O–H groups in total. The number of hydrogen-bond acceptors (Lipinski definition) is 4. The van der Waals surface area contributed by atoms with Gasteiger partial charge in [0.2, 0.25) is 0 Å². The molecule has 0 fully saturated rings. The van der Waals surface area contributed by atoms with Gasteiger partial charge in [-0.1, -0.05) is 188 Å². The summed E-state index contributed by atoms with van der Waals surface area (Å²) >= 11 is 0. The third kappa shape index (κ3) is 7.27. The van der Waals surface area contributed by atoms with Gasteiger partial charge in [-0.15, -0.1) is 0 Å². The summed E-state index contributed by atoms with van der Waals surface area (Å²) in [6, 6.07) is 64.5. The lowest BCUT2D eigenvalue weighted by Gasteiger charge is -2.47. The van der Waals surface area contributed by atoms with E-state index in [9.17, 15) is 0 Å². The first kappa shape index (κ1) is 46.1. The van der Waals surface area contributed by atoms with Crippen LogP contribution in [0.2, 0.25) is 0 Å². The van der Waals surface area contributed by atoms with E-state index in [0.717, 1.165) is 79.0 Å². The summed E-state index contributed by atoms with van der Waals surface area (Å²) in [7, 11) is 0. The Kier molecular flexibility index (Phi) is 10.9. The molecule has 0 radical (unpaired) electrons. The van der Waals surface area contributed by atoms with Gasteiger partial charge in [0, 0.05) is 33.7 Å². The number of rotatable bonds is 8. The van der Waals surface area contributed by atoms with Crippen LogP contribution in [0.15, 0.2) is 170 Å². The van der Waals surface area contributed by atoms with E-state index in [-0.39, 0.29) is 13.4 Å². The highest BCUT2D eigenvalue weighted by Gasteiger charge is 2.52. The van der Waals surface area contributed by atoms with Crippen molar-refractivity contribution in [2.75, 3.05) is 9.80 Å². The van der Waals surface area contributed by atoms with Crippen LogP contribution in [0.1, 0.15) is 112 Å². The topological polar surface area (TPSA) is 24.9 Å². The van der Waals surface area contributed by atoms with Crippen LogP contribution in [0.5, 0.6) is 23.0 Å². The minimum atomic E-state index is -0.183. The van der Waals surface area contributed by atoms with Gasteiger partial charge in [-0.2, -0.15) is 0 Å². The molecule has 0 aromatic heterocycles.